The van der Waals surface area contributed by atoms with Gasteiger partial charge in [0, 0.05) is 23.4 Å². The molecule has 2 aliphatic heterocycles. The van der Waals surface area contributed by atoms with Crippen molar-refractivity contribution in [3.63, 3.8) is 0 Å². The lowest BCUT2D eigenvalue weighted by molar-refractivity contribution is -0.908. The highest BCUT2D eigenvalue weighted by Gasteiger charge is 2.29. The number of carbonyl (C=O) groups is 2. The Morgan fingerprint density at radius 1 is 1.05 bits per heavy atom. The van der Waals surface area contributed by atoms with Gasteiger partial charge in [-0.1, -0.05) is 65.9 Å². The zero-order valence-corrected chi connectivity index (χ0v) is 22.6. The number of carbonyl (C=O) groups excluding carboxylic acids is 2. The standard InChI is InChI=1S/C31H33N3O3S/c1-23-6-4-7-25(20-23)22-34-27-8-2-3-9-28(27)38-29(31(34)36)21-24-10-12-26(13-11-24)30(35)32-14-5-15-33-16-18-37-19-17-33/h2-4,6-13,20-21H,5,14-19,22H2,1H3,(H,32,35)/p+1. The Labute approximate surface area is 228 Å². The average Bonchev–Trinajstić information content (AvgIpc) is 2.94. The summed E-state index contributed by atoms with van der Waals surface area (Å²) in [6, 6.07) is 23.7. The lowest BCUT2D eigenvalue weighted by atomic mass is 10.1. The van der Waals surface area contributed by atoms with Gasteiger partial charge >= 0.3 is 0 Å². The van der Waals surface area contributed by atoms with E-state index in [4.69, 9.17) is 4.74 Å². The molecule has 7 heteroatoms. The summed E-state index contributed by atoms with van der Waals surface area (Å²) >= 11 is 1.49. The summed E-state index contributed by atoms with van der Waals surface area (Å²) in [5, 5.41) is 3.03. The average molecular weight is 529 g/mol. The number of hydrogen-bond acceptors (Lipinski definition) is 4. The number of para-hydroxylation sites is 1. The molecule has 2 heterocycles. The molecule has 2 N–H and O–H groups in total. The first-order valence-corrected chi connectivity index (χ1v) is 14.0. The Kier molecular flexibility index (Phi) is 8.58. The number of fused-ring (bicyclic) bond motifs is 1. The first-order chi connectivity index (χ1) is 18.6. The van der Waals surface area contributed by atoms with E-state index in [9.17, 15) is 9.59 Å². The molecular weight excluding hydrogens is 494 g/mol. The number of benzene rings is 3. The maximum Gasteiger partial charge on any atom is 0.265 e. The number of nitrogens with zero attached hydrogens (tertiary/aromatic N) is 1. The number of anilines is 1. The van der Waals surface area contributed by atoms with Crippen LogP contribution in [0.15, 0.2) is 82.6 Å². The normalized spacial score (nSPS) is 16.9. The molecule has 0 atom stereocenters. The molecule has 3 aromatic carbocycles. The molecule has 0 aromatic heterocycles. The molecule has 0 spiro atoms. The van der Waals surface area contributed by atoms with Crippen molar-refractivity contribution < 1.29 is 19.2 Å². The molecule has 0 bridgehead atoms. The van der Waals surface area contributed by atoms with Crippen molar-refractivity contribution in [2.24, 2.45) is 0 Å². The molecule has 3 aromatic rings. The predicted octanol–water partition coefficient (Wildman–Crippen LogP) is 3.71. The Balaban J connectivity index is 1.24. The van der Waals surface area contributed by atoms with Crippen LogP contribution in [0.3, 0.4) is 0 Å². The Morgan fingerprint density at radius 3 is 2.63 bits per heavy atom. The van der Waals surface area contributed by atoms with Gasteiger partial charge in [0.2, 0.25) is 0 Å². The van der Waals surface area contributed by atoms with Crippen molar-refractivity contribution >= 4 is 35.3 Å². The monoisotopic (exact) mass is 528 g/mol. The maximum absolute atomic E-state index is 13.6. The highest BCUT2D eigenvalue weighted by molar-refractivity contribution is 8.04. The van der Waals surface area contributed by atoms with Gasteiger partial charge in [-0.25, -0.2) is 0 Å². The van der Waals surface area contributed by atoms with Gasteiger partial charge in [-0.15, -0.1) is 0 Å². The Hall–Kier alpha value is -3.39. The number of nitrogens with one attached hydrogen (secondary N) is 2. The van der Waals surface area contributed by atoms with Gasteiger partial charge in [0.1, 0.15) is 13.1 Å². The third-order valence-electron chi connectivity index (χ3n) is 6.92. The van der Waals surface area contributed by atoms with Gasteiger partial charge in [-0.3, -0.25) is 9.59 Å². The van der Waals surface area contributed by atoms with Crippen molar-refractivity contribution in [2.45, 2.75) is 24.8 Å². The Morgan fingerprint density at radius 2 is 1.84 bits per heavy atom. The molecule has 38 heavy (non-hydrogen) atoms. The number of amides is 2. The van der Waals surface area contributed by atoms with Crippen LogP contribution in [0.1, 0.15) is 33.5 Å². The fourth-order valence-corrected chi connectivity index (χ4v) is 5.91. The fraction of sp³-hybridized carbons (Fsp3) is 0.290. The molecule has 2 aliphatic rings. The zero-order valence-electron chi connectivity index (χ0n) is 21.7. The van der Waals surface area contributed by atoms with Crippen molar-refractivity contribution in [3.8, 4) is 0 Å². The minimum atomic E-state index is -0.0671. The zero-order chi connectivity index (χ0) is 26.3. The first kappa shape index (κ1) is 26.2. The second-order valence-electron chi connectivity index (χ2n) is 9.80. The van der Waals surface area contributed by atoms with Crippen molar-refractivity contribution in [3.05, 3.63) is 100.0 Å². The highest BCUT2D eigenvalue weighted by atomic mass is 32.2. The van der Waals surface area contributed by atoms with Crippen LogP contribution in [0.2, 0.25) is 0 Å². The summed E-state index contributed by atoms with van der Waals surface area (Å²) < 4.78 is 5.40. The summed E-state index contributed by atoms with van der Waals surface area (Å²) in [7, 11) is 0. The number of rotatable bonds is 8. The van der Waals surface area contributed by atoms with E-state index in [-0.39, 0.29) is 11.8 Å². The lowest BCUT2D eigenvalue weighted by Crippen LogP contribution is -3.14. The second-order valence-corrected chi connectivity index (χ2v) is 10.9. The van der Waals surface area contributed by atoms with Crippen LogP contribution in [-0.4, -0.2) is 51.2 Å². The van der Waals surface area contributed by atoms with Crippen molar-refractivity contribution in [2.75, 3.05) is 44.3 Å². The van der Waals surface area contributed by atoms with Gasteiger partial charge in [0.25, 0.3) is 11.8 Å². The van der Waals surface area contributed by atoms with E-state index >= 15 is 0 Å². The number of morpholine rings is 1. The van der Waals surface area contributed by atoms with Crippen LogP contribution in [0.4, 0.5) is 5.69 Å². The van der Waals surface area contributed by atoms with Crippen molar-refractivity contribution in [1.82, 2.24) is 5.32 Å². The van der Waals surface area contributed by atoms with Crippen molar-refractivity contribution in [1.29, 1.82) is 0 Å². The number of thioether (sulfide) groups is 1. The summed E-state index contributed by atoms with van der Waals surface area (Å²) in [5.74, 6) is -0.0815. The van der Waals surface area contributed by atoms with E-state index in [1.54, 1.807) is 0 Å². The molecule has 1 saturated heterocycles. The molecular formula is C31H34N3O3S+. The quantitative estimate of drug-likeness (QED) is 0.346. The summed E-state index contributed by atoms with van der Waals surface area (Å²) in [5.41, 5.74) is 4.72. The third kappa shape index (κ3) is 6.54. The van der Waals surface area contributed by atoms with E-state index in [2.05, 4.69) is 36.5 Å². The van der Waals surface area contributed by atoms with Gasteiger partial charge in [0.05, 0.1) is 36.9 Å². The third-order valence-corrected chi connectivity index (χ3v) is 8.00. The van der Waals surface area contributed by atoms with Gasteiger partial charge in [-0.2, -0.15) is 0 Å². The summed E-state index contributed by atoms with van der Waals surface area (Å²) in [4.78, 5) is 31.3. The van der Waals surface area contributed by atoms with Gasteiger partial charge in [0.15, 0.2) is 0 Å². The second kappa shape index (κ2) is 12.4. The maximum atomic E-state index is 13.6. The molecule has 5 rings (SSSR count). The minimum Gasteiger partial charge on any atom is -0.370 e. The molecule has 6 nitrogen and oxygen atoms in total. The topological polar surface area (TPSA) is 63.1 Å². The van der Waals surface area contributed by atoms with E-state index in [1.807, 2.05) is 59.5 Å². The fourth-order valence-electron chi connectivity index (χ4n) is 4.85. The lowest BCUT2D eigenvalue weighted by Gasteiger charge is -2.30. The van der Waals surface area contributed by atoms with E-state index < -0.39 is 0 Å². The number of aryl methyl sites for hydroxylation is 1. The van der Waals surface area contributed by atoms with Crippen LogP contribution >= 0.6 is 11.8 Å². The van der Waals surface area contributed by atoms with Gasteiger partial charge < -0.3 is 19.9 Å². The number of hydrogen-bond donors (Lipinski definition) is 2. The number of quaternary nitrogens is 1. The summed E-state index contributed by atoms with van der Waals surface area (Å²) in [6.07, 6.45) is 2.87. The van der Waals surface area contributed by atoms with E-state index in [0.717, 1.165) is 61.0 Å². The largest absolute Gasteiger partial charge is 0.370 e. The minimum absolute atomic E-state index is 0.0144. The predicted molar refractivity (Wildman–Crippen MR) is 152 cm³/mol. The van der Waals surface area contributed by atoms with Crippen LogP contribution in [0.25, 0.3) is 6.08 Å². The number of ether oxygens (including phenoxy) is 1. The molecule has 0 saturated carbocycles. The molecule has 2 amide bonds. The highest BCUT2D eigenvalue weighted by Crippen LogP contribution is 2.42. The van der Waals surface area contributed by atoms with Crippen LogP contribution in [-0.2, 0) is 16.1 Å². The van der Waals surface area contributed by atoms with E-state index in [0.29, 0.717) is 23.6 Å². The molecule has 0 radical (unpaired) electrons. The molecule has 0 aliphatic carbocycles. The Bertz CT molecular complexity index is 1320. The van der Waals surface area contributed by atoms with Crippen LogP contribution in [0.5, 0.6) is 0 Å². The van der Waals surface area contributed by atoms with Gasteiger partial charge in [-0.05, 0) is 48.4 Å². The van der Waals surface area contributed by atoms with Crippen LogP contribution < -0.4 is 15.1 Å². The summed E-state index contributed by atoms with van der Waals surface area (Å²) in [6.45, 7) is 8.02. The first-order valence-electron chi connectivity index (χ1n) is 13.2. The smallest absolute Gasteiger partial charge is 0.265 e. The molecule has 196 valence electrons. The molecule has 0 unspecified atom stereocenters. The van der Waals surface area contributed by atoms with Crippen LogP contribution in [0, 0.1) is 6.92 Å². The SMILES string of the molecule is Cc1cccc(CN2C(=O)C(=Cc3ccc(C(=O)NCCC[NH+]4CCOCC4)cc3)Sc3ccccc32)c1. The molecule has 1 fully saturated rings. The van der Waals surface area contributed by atoms with E-state index in [1.165, 1.54) is 22.2 Å².